The number of methoxy groups -OCH3 is 1. The Labute approximate surface area is 150 Å². The number of hydrogen-bond acceptors (Lipinski definition) is 4. The zero-order chi connectivity index (χ0) is 18.1. The topological polar surface area (TPSA) is 58.9 Å². The fourth-order valence-corrected chi connectivity index (χ4v) is 6.10. The van der Waals surface area contributed by atoms with E-state index in [0.717, 1.165) is 42.4 Å². The van der Waals surface area contributed by atoms with E-state index in [1.165, 1.54) is 0 Å². The Bertz CT molecular complexity index is 708. The molecule has 25 heavy (non-hydrogen) atoms. The summed E-state index contributed by atoms with van der Waals surface area (Å²) < 4.78 is 12.1. The van der Waals surface area contributed by atoms with Crippen molar-refractivity contribution in [3.05, 3.63) is 22.8 Å². The van der Waals surface area contributed by atoms with Crippen molar-refractivity contribution in [2.24, 2.45) is 11.3 Å². The molecule has 0 radical (unpaired) electrons. The molecule has 2 N–H and O–H groups in total. The maximum atomic E-state index is 11.0. The van der Waals surface area contributed by atoms with Gasteiger partial charge in [-0.3, -0.25) is 0 Å². The number of fused-ring (bicyclic) bond motifs is 3. The van der Waals surface area contributed by atoms with E-state index in [9.17, 15) is 10.2 Å². The van der Waals surface area contributed by atoms with Crippen molar-refractivity contribution < 1.29 is 19.7 Å². The summed E-state index contributed by atoms with van der Waals surface area (Å²) in [5.74, 6) is 0.622. The monoisotopic (exact) mass is 346 g/mol. The minimum absolute atomic E-state index is 0.0315. The summed E-state index contributed by atoms with van der Waals surface area (Å²) >= 11 is 0. The lowest BCUT2D eigenvalue weighted by Crippen LogP contribution is -2.67. The van der Waals surface area contributed by atoms with E-state index in [2.05, 4.69) is 19.9 Å². The molecular weight excluding hydrogens is 316 g/mol. The number of ether oxygens (including phenoxy) is 2. The number of phenols is 2. The predicted molar refractivity (Wildman–Crippen MR) is 96.0 cm³/mol. The second-order valence-corrected chi connectivity index (χ2v) is 9.04. The van der Waals surface area contributed by atoms with Crippen LogP contribution in [0.2, 0.25) is 0 Å². The summed E-state index contributed by atoms with van der Waals surface area (Å²) in [5.41, 5.74) is 2.51. The van der Waals surface area contributed by atoms with Gasteiger partial charge in [0.15, 0.2) is 17.8 Å². The molecule has 2 bridgehead atoms. The maximum absolute atomic E-state index is 11.0. The smallest absolute Gasteiger partial charge is 0.167 e. The van der Waals surface area contributed by atoms with Gasteiger partial charge in [0.1, 0.15) is 0 Å². The minimum atomic E-state index is -0.377. The molecular formula is C21H30O4. The first-order chi connectivity index (χ1) is 11.7. The Morgan fingerprint density at radius 3 is 2.56 bits per heavy atom. The molecule has 2 aliphatic heterocycles. The average molecular weight is 346 g/mol. The molecule has 2 saturated heterocycles. The molecule has 4 heteroatoms. The van der Waals surface area contributed by atoms with E-state index < -0.39 is 0 Å². The summed E-state index contributed by atoms with van der Waals surface area (Å²) in [6.45, 7) is 8.65. The Balaban J connectivity index is 1.98. The van der Waals surface area contributed by atoms with Gasteiger partial charge in [0, 0.05) is 18.2 Å². The van der Waals surface area contributed by atoms with Crippen LogP contribution in [0, 0.1) is 11.3 Å². The summed E-state index contributed by atoms with van der Waals surface area (Å²) in [6.07, 6.45) is 3.74. The highest BCUT2D eigenvalue weighted by Crippen LogP contribution is 2.66. The van der Waals surface area contributed by atoms with Crippen LogP contribution in [0.25, 0.3) is 0 Å². The van der Waals surface area contributed by atoms with Crippen LogP contribution in [0.15, 0.2) is 6.07 Å². The number of benzene rings is 1. The van der Waals surface area contributed by atoms with Crippen molar-refractivity contribution in [3.8, 4) is 11.5 Å². The van der Waals surface area contributed by atoms with E-state index in [4.69, 9.17) is 9.47 Å². The van der Waals surface area contributed by atoms with Gasteiger partial charge in [0.2, 0.25) is 0 Å². The zero-order valence-electron chi connectivity index (χ0n) is 15.9. The van der Waals surface area contributed by atoms with Crippen molar-refractivity contribution in [2.75, 3.05) is 7.11 Å². The van der Waals surface area contributed by atoms with Gasteiger partial charge in [-0.2, -0.15) is 0 Å². The van der Waals surface area contributed by atoms with Gasteiger partial charge in [-0.15, -0.1) is 0 Å². The third-order valence-corrected chi connectivity index (χ3v) is 7.27. The van der Waals surface area contributed by atoms with Gasteiger partial charge in [0.05, 0.1) is 11.5 Å². The van der Waals surface area contributed by atoms with Crippen LogP contribution in [0.5, 0.6) is 11.5 Å². The van der Waals surface area contributed by atoms with Crippen LogP contribution in [0.3, 0.4) is 0 Å². The van der Waals surface area contributed by atoms with E-state index in [0.29, 0.717) is 5.92 Å². The quantitative estimate of drug-likeness (QED) is 0.788. The van der Waals surface area contributed by atoms with Crippen molar-refractivity contribution in [1.29, 1.82) is 0 Å². The molecule has 0 amide bonds. The zero-order valence-corrected chi connectivity index (χ0v) is 15.9. The lowest BCUT2D eigenvalue weighted by molar-refractivity contribution is -0.312. The molecule has 4 atom stereocenters. The molecule has 5 rings (SSSR count). The Kier molecular flexibility index (Phi) is 3.69. The van der Waals surface area contributed by atoms with Crippen LogP contribution >= 0.6 is 0 Å². The lowest BCUT2D eigenvalue weighted by atomic mass is 9.46. The van der Waals surface area contributed by atoms with Crippen LogP contribution in [0.1, 0.15) is 69.6 Å². The highest BCUT2D eigenvalue weighted by Gasteiger charge is 2.66. The molecule has 1 aromatic carbocycles. The van der Waals surface area contributed by atoms with Crippen molar-refractivity contribution in [2.45, 2.75) is 77.1 Å². The standard InChI is InChI=1S/C21H30O4/c1-11(2)13-10-12-6-7-14-20(3,4)15-8-9-21(14,19(24-5)25-15)16(12)18(23)17(13)22/h10-11,14-15,19,22-23H,6-9H2,1-5H3/t14-,15-,19-,21+/m0/s1. The molecule has 138 valence electrons. The molecule has 2 heterocycles. The number of hydrogen-bond donors (Lipinski definition) is 2. The first kappa shape index (κ1) is 17.2. The van der Waals surface area contributed by atoms with Gasteiger partial charge >= 0.3 is 0 Å². The number of phenolic OH excluding ortho intramolecular Hbond substituents is 2. The highest BCUT2D eigenvalue weighted by atomic mass is 16.7. The van der Waals surface area contributed by atoms with Crippen molar-refractivity contribution in [3.63, 3.8) is 0 Å². The first-order valence-corrected chi connectivity index (χ1v) is 9.51. The largest absolute Gasteiger partial charge is 0.504 e. The van der Waals surface area contributed by atoms with E-state index >= 15 is 0 Å². The van der Waals surface area contributed by atoms with E-state index in [1.54, 1.807) is 7.11 Å². The van der Waals surface area contributed by atoms with Crippen LogP contribution in [0.4, 0.5) is 0 Å². The van der Waals surface area contributed by atoms with Gasteiger partial charge in [0.25, 0.3) is 0 Å². The second kappa shape index (κ2) is 5.37. The lowest BCUT2D eigenvalue weighted by Gasteiger charge is -2.65. The molecule has 0 unspecified atom stereocenters. The normalized spacial score (nSPS) is 35.5. The van der Waals surface area contributed by atoms with Crippen LogP contribution in [-0.2, 0) is 21.3 Å². The molecule has 1 aromatic rings. The number of aromatic hydroxyl groups is 2. The molecule has 0 aromatic heterocycles. The number of aryl methyl sites for hydroxylation is 1. The third-order valence-electron chi connectivity index (χ3n) is 7.27. The second-order valence-electron chi connectivity index (χ2n) is 9.04. The summed E-state index contributed by atoms with van der Waals surface area (Å²) in [5, 5.41) is 21.7. The third kappa shape index (κ3) is 2.01. The minimum Gasteiger partial charge on any atom is -0.504 e. The SMILES string of the molecule is CO[C@H]1O[C@H]2CC[C@@]13c1c(cc(C(C)C)c(O)c1O)CC[C@H]3C2(C)C. The first-order valence-electron chi connectivity index (χ1n) is 9.51. The van der Waals surface area contributed by atoms with Gasteiger partial charge in [-0.1, -0.05) is 33.8 Å². The van der Waals surface area contributed by atoms with E-state index in [1.807, 2.05) is 13.8 Å². The predicted octanol–water partition coefficient (Wildman–Crippen LogP) is 4.21. The molecule has 4 nitrogen and oxygen atoms in total. The Morgan fingerprint density at radius 1 is 1.20 bits per heavy atom. The Hall–Kier alpha value is -1.26. The highest BCUT2D eigenvalue weighted by molar-refractivity contribution is 5.60. The average Bonchev–Trinajstić information content (AvgIpc) is 2.57. The van der Waals surface area contributed by atoms with Gasteiger partial charge < -0.3 is 19.7 Å². The van der Waals surface area contributed by atoms with Crippen molar-refractivity contribution in [1.82, 2.24) is 0 Å². The van der Waals surface area contributed by atoms with Crippen LogP contribution in [-0.4, -0.2) is 29.7 Å². The van der Waals surface area contributed by atoms with Crippen LogP contribution < -0.4 is 0 Å². The van der Waals surface area contributed by atoms with Gasteiger partial charge in [-0.05, 0) is 48.5 Å². The summed E-state index contributed by atoms with van der Waals surface area (Å²) in [6, 6.07) is 2.10. The van der Waals surface area contributed by atoms with Crippen molar-refractivity contribution >= 4 is 0 Å². The fraction of sp³-hybridized carbons (Fsp3) is 0.714. The maximum Gasteiger partial charge on any atom is 0.167 e. The molecule has 2 aliphatic carbocycles. The molecule has 1 saturated carbocycles. The fourth-order valence-electron chi connectivity index (χ4n) is 6.10. The van der Waals surface area contributed by atoms with E-state index in [-0.39, 0.29) is 40.6 Å². The molecule has 3 fully saturated rings. The summed E-state index contributed by atoms with van der Waals surface area (Å²) in [7, 11) is 1.69. The number of rotatable bonds is 2. The Morgan fingerprint density at radius 2 is 1.92 bits per heavy atom. The van der Waals surface area contributed by atoms with Gasteiger partial charge in [-0.25, -0.2) is 0 Å². The molecule has 4 aliphatic rings. The summed E-state index contributed by atoms with van der Waals surface area (Å²) in [4.78, 5) is 0. The molecule has 1 spiro atoms.